The Balaban J connectivity index is 1.78. The number of amides is 2. The fourth-order valence-electron chi connectivity index (χ4n) is 3.39. The molecule has 7 nitrogen and oxygen atoms in total. The van der Waals surface area contributed by atoms with Gasteiger partial charge in [0.25, 0.3) is 0 Å². The standard InChI is InChI=1S/C22H32N2O5/c1-15(20(26)28-14-16-9-6-5-7-10-16)24-19(25)18-12-8-11-17(18)13-23-21(27)29-22(2,3)4/h5-7,9-10,15,17-18H,8,11-14H2,1-4H3,(H,23,27)(H,24,25)/t15-,17-,18+/m0/s1. The first-order valence-electron chi connectivity index (χ1n) is 10.1. The third kappa shape index (κ3) is 7.75. The predicted octanol–water partition coefficient (Wildman–Crippen LogP) is 3.18. The second kappa shape index (κ2) is 10.3. The maximum Gasteiger partial charge on any atom is 0.407 e. The average Bonchev–Trinajstić information content (AvgIpc) is 3.12. The zero-order valence-corrected chi connectivity index (χ0v) is 17.7. The Labute approximate surface area is 172 Å². The molecule has 0 heterocycles. The third-order valence-electron chi connectivity index (χ3n) is 4.84. The lowest BCUT2D eigenvalue weighted by molar-refractivity contribution is -0.149. The van der Waals surface area contributed by atoms with Crippen LogP contribution in [0.2, 0.25) is 0 Å². The van der Waals surface area contributed by atoms with E-state index in [9.17, 15) is 14.4 Å². The number of carbonyl (C=O) groups excluding carboxylic acids is 3. The number of alkyl carbamates (subject to hydrolysis) is 1. The van der Waals surface area contributed by atoms with Crippen molar-refractivity contribution >= 4 is 18.0 Å². The maximum absolute atomic E-state index is 12.7. The number of rotatable bonds is 7. The van der Waals surface area contributed by atoms with Gasteiger partial charge in [0.2, 0.25) is 5.91 Å². The Morgan fingerprint density at radius 2 is 1.83 bits per heavy atom. The summed E-state index contributed by atoms with van der Waals surface area (Å²) >= 11 is 0. The van der Waals surface area contributed by atoms with Gasteiger partial charge in [0, 0.05) is 12.5 Å². The van der Waals surface area contributed by atoms with Crippen LogP contribution in [0.5, 0.6) is 0 Å². The summed E-state index contributed by atoms with van der Waals surface area (Å²) in [6.45, 7) is 7.57. The van der Waals surface area contributed by atoms with Crippen molar-refractivity contribution in [1.82, 2.24) is 10.6 Å². The van der Waals surface area contributed by atoms with E-state index in [2.05, 4.69) is 10.6 Å². The minimum absolute atomic E-state index is 0.0232. The predicted molar refractivity (Wildman–Crippen MR) is 109 cm³/mol. The fourth-order valence-corrected chi connectivity index (χ4v) is 3.39. The molecule has 0 saturated heterocycles. The van der Waals surface area contributed by atoms with Gasteiger partial charge < -0.3 is 20.1 Å². The Morgan fingerprint density at radius 3 is 2.48 bits per heavy atom. The molecule has 0 aliphatic heterocycles. The molecule has 0 aromatic heterocycles. The van der Waals surface area contributed by atoms with Gasteiger partial charge in [-0.1, -0.05) is 36.8 Å². The lowest BCUT2D eigenvalue weighted by atomic mass is 9.95. The van der Waals surface area contributed by atoms with Crippen molar-refractivity contribution in [3.63, 3.8) is 0 Å². The molecular formula is C22H32N2O5. The van der Waals surface area contributed by atoms with Crippen molar-refractivity contribution in [2.45, 2.75) is 65.2 Å². The first kappa shape index (κ1) is 22.7. The Kier molecular flexibility index (Phi) is 8.05. The van der Waals surface area contributed by atoms with Gasteiger partial charge in [0.1, 0.15) is 18.2 Å². The molecule has 7 heteroatoms. The molecule has 1 aliphatic rings. The van der Waals surface area contributed by atoms with Crippen LogP contribution in [0.4, 0.5) is 4.79 Å². The van der Waals surface area contributed by atoms with E-state index in [0.29, 0.717) is 6.54 Å². The summed E-state index contributed by atoms with van der Waals surface area (Å²) < 4.78 is 10.5. The highest BCUT2D eigenvalue weighted by Crippen LogP contribution is 2.31. The Hall–Kier alpha value is -2.57. The zero-order valence-electron chi connectivity index (χ0n) is 17.7. The largest absolute Gasteiger partial charge is 0.459 e. The number of hydrogen-bond acceptors (Lipinski definition) is 5. The molecule has 2 amide bonds. The van der Waals surface area contributed by atoms with Crippen LogP contribution in [0.1, 0.15) is 52.5 Å². The summed E-state index contributed by atoms with van der Waals surface area (Å²) in [5.74, 6) is -0.865. The number of esters is 1. The van der Waals surface area contributed by atoms with Crippen LogP contribution in [-0.4, -0.2) is 36.2 Å². The topological polar surface area (TPSA) is 93.7 Å². The van der Waals surface area contributed by atoms with Crippen LogP contribution < -0.4 is 10.6 Å². The Bertz CT molecular complexity index is 699. The lowest BCUT2D eigenvalue weighted by Crippen LogP contribution is -2.45. The van der Waals surface area contributed by atoms with Gasteiger partial charge >= 0.3 is 12.1 Å². The van der Waals surface area contributed by atoms with E-state index in [1.807, 2.05) is 30.3 Å². The van der Waals surface area contributed by atoms with Crippen LogP contribution in [0, 0.1) is 11.8 Å². The normalized spacial score (nSPS) is 19.9. The highest BCUT2D eigenvalue weighted by molar-refractivity contribution is 5.85. The molecular weight excluding hydrogens is 372 g/mol. The van der Waals surface area contributed by atoms with Gasteiger partial charge in [-0.05, 0) is 52.0 Å². The van der Waals surface area contributed by atoms with E-state index in [0.717, 1.165) is 24.8 Å². The molecule has 2 N–H and O–H groups in total. The summed E-state index contributed by atoms with van der Waals surface area (Å²) in [5, 5.41) is 5.50. The van der Waals surface area contributed by atoms with Gasteiger partial charge in [-0.15, -0.1) is 0 Å². The SMILES string of the molecule is C[C@H](NC(=O)[C@@H]1CCC[C@H]1CNC(=O)OC(C)(C)C)C(=O)OCc1ccccc1. The summed E-state index contributed by atoms with van der Waals surface area (Å²) in [5.41, 5.74) is 0.329. The van der Waals surface area contributed by atoms with Crippen LogP contribution in [0.25, 0.3) is 0 Å². The fraction of sp³-hybridized carbons (Fsp3) is 0.591. The zero-order chi connectivity index (χ0) is 21.4. The lowest BCUT2D eigenvalue weighted by Gasteiger charge is -2.23. The summed E-state index contributed by atoms with van der Waals surface area (Å²) in [6, 6.07) is 8.66. The molecule has 1 saturated carbocycles. The van der Waals surface area contributed by atoms with Crippen molar-refractivity contribution in [3.05, 3.63) is 35.9 Å². The van der Waals surface area contributed by atoms with E-state index in [1.54, 1.807) is 27.7 Å². The van der Waals surface area contributed by atoms with E-state index in [-0.39, 0.29) is 24.3 Å². The quantitative estimate of drug-likeness (QED) is 0.681. The minimum atomic E-state index is -0.730. The molecule has 1 aliphatic carbocycles. The van der Waals surface area contributed by atoms with Gasteiger partial charge in [-0.25, -0.2) is 9.59 Å². The second-order valence-electron chi connectivity index (χ2n) is 8.50. The summed E-state index contributed by atoms with van der Waals surface area (Å²) in [6.07, 6.45) is 2.01. The highest BCUT2D eigenvalue weighted by Gasteiger charge is 2.34. The van der Waals surface area contributed by atoms with Crippen LogP contribution in [0.3, 0.4) is 0 Å². The molecule has 160 valence electrons. The van der Waals surface area contributed by atoms with Gasteiger partial charge in [-0.3, -0.25) is 4.79 Å². The molecule has 1 aromatic rings. The third-order valence-corrected chi connectivity index (χ3v) is 4.84. The average molecular weight is 405 g/mol. The minimum Gasteiger partial charge on any atom is -0.459 e. The number of hydrogen-bond donors (Lipinski definition) is 2. The number of carbonyl (C=O) groups is 3. The molecule has 0 radical (unpaired) electrons. The second-order valence-corrected chi connectivity index (χ2v) is 8.50. The van der Waals surface area contributed by atoms with Crippen molar-refractivity contribution in [3.8, 4) is 0 Å². The van der Waals surface area contributed by atoms with Gasteiger partial charge in [-0.2, -0.15) is 0 Å². The van der Waals surface area contributed by atoms with Crippen LogP contribution in [-0.2, 0) is 25.7 Å². The first-order chi connectivity index (χ1) is 13.7. The van der Waals surface area contributed by atoms with Crippen molar-refractivity contribution in [1.29, 1.82) is 0 Å². The Morgan fingerprint density at radius 1 is 1.14 bits per heavy atom. The first-order valence-corrected chi connectivity index (χ1v) is 10.1. The maximum atomic E-state index is 12.7. The van der Waals surface area contributed by atoms with Crippen molar-refractivity contribution in [2.24, 2.45) is 11.8 Å². The highest BCUT2D eigenvalue weighted by atomic mass is 16.6. The van der Waals surface area contributed by atoms with E-state index in [1.165, 1.54) is 0 Å². The smallest absolute Gasteiger partial charge is 0.407 e. The molecule has 3 atom stereocenters. The van der Waals surface area contributed by atoms with Gasteiger partial charge in [0.05, 0.1) is 0 Å². The van der Waals surface area contributed by atoms with Gasteiger partial charge in [0.15, 0.2) is 0 Å². The van der Waals surface area contributed by atoms with E-state index < -0.39 is 23.7 Å². The molecule has 0 spiro atoms. The number of benzene rings is 1. The summed E-state index contributed by atoms with van der Waals surface area (Å²) in [4.78, 5) is 36.7. The molecule has 0 bridgehead atoms. The van der Waals surface area contributed by atoms with E-state index >= 15 is 0 Å². The molecule has 29 heavy (non-hydrogen) atoms. The monoisotopic (exact) mass is 404 g/mol. The molecule has 0 unspecified atom stereocenters. The number of ether oxygens (including phenoxy) is 2. The van der Waals surface area contributed by atoms with Crippen LogP contribution in [0.15, 0.2) is 30.3 Å². The molecule has 1 fully saturated rings. The van der Waals surface area contributed by atoms with Crippen molar-refractivity contribution in [2.75, 3.05) is 6.54 Å². The number of nitrogens with one attached hydrogen (secondary N) is 2. The molecule has 1 aromatic carbocycles. The summed E-state index contributed by atoms with van der Waals surface area (Å²) in [7, 11) is 0. The van der Waals surface area contributed by atoms with Crippen LogP contribution >= 0.6 is 0 Å². The molecule has 2 rings (SSSR count). The van der Waals surface area contributed by atoms with E-state index in [4.69, 9.17) is 9.47 Å². The van der Waals surface area contributed by atoms with Crippen molar-refractivity contribution < 1.29 is 23.9 Å².